The fraction of sp³-hybridized carbons (Fsp3) is 0.167. The third kappa shape index (κ3) is 3.97. The van der Waals surface area contributed by atoms with Gasteiger partial charge < -0.3 is 9.51 Å². The predicted octanol–water partition coefficient (Wildman–Crippen LogP) is 4.22. The Labute approximate surface area is 164 Å². The molecule has 0 saturated carbocycles. The van der Waals surface area contributed by atoms with Gasteiger partial charge in [-0.25, -0.2) is 12.8 Å². The molecule has 0 saturated heterocycles. The Morgan fingerprint density at radius 2 is 2.00 bits per heavy atom. The maximum atomic E-state index is 13.8. The second-order valence-corrected chi connectivity index (χ2v) is 9.50. The molecule has 0 aliphatic carbocycles. The van der Waals surface area contributed by atoms with Gasteiger partial charge >= 0.3 is 5.97 Å². The summed E-state index contributed by atoms with van der Waals surface area (Å²) >= 11 is 7.47. The zero-order chi connectivity index (χ0) is 19.9. The highest BCUT2D eigenvalue weighted by Crippen LogP contribution is 2.39. The van der Waals surface area contributed by atoms with Crippen molar-refractivity contribution in [3.63, 3.8) is 0 Å². The topological polar surface area (TPSA) is 75.8 Å². The highest BCUT2D eigenvalue weighted by Gasteiger charge is 2.20. The lowest BCUT2D eigenvalue weighted by molar-refractivity contribution is -0.136. The lowest BCUT2D eigenvalue weighted by Gasteiger charge is -2.08. The number of halogens is 2. The third-order valence-electron chi connectivity index (χ3n) is 4.08. The van der Waals surface area contributed by atoms with Crippen LogP contribution in [0.3, 0.4) is 0 Å². The molecule has 0 spiro atoms. The average Bonchev–Trinajstić information content (AvgIpc) is 2.80. The van der Waals surface area contributed by atoms with Crippen molar-refractivity contribution in [2.75, 3.05) is 6.26 Å². The molecule has 142 valence electrons. The van der Waals surface area contributed by atoms with Gasteiger partial charge in [0.1, 0.15) is 5.82 Å². The summed E-state index contributed by atoms with van der Waals surface area (Å²) < 4.78 is 38.7. The van der Waals surface area contributed by atoms with Gasteiger partial charge in [-0.05, 0) is 48.4 Å². The number of carbonyl (C=O) groups is 1. The molecule has 0 bridgehead atoms. The Balaban J connectivity index is 2.13. The summed E-state index contributed by atoms with van der Waals surface area (Å²) in [6.07, 6.45) is 2.19. The van der Waals surface area contributed by atoms with Crippen molar-refractivity contribution < 1.29 is 22.7 Å². The van der Waals surface area contributed by atoms with Crippen LogP contribution in [0.25, 0.3) is 5.52 Å². The summed E-state index contributed by atoms with van der Waals surface area (Å²) in [5.41, 5.74) is 1.90. The summed E-state index contributed by atoms with van der Waals surface area (Å²) in [5.74, 6) is -1.44. The van der Waals surface area contributed by atoms with E-state index in [1.807, 2.05) is 0 Å². The van der Waals surface area contributed by atoms with Gasteiger partial charge in [0.2, 0.25) is 0 Å². The standard InChI is InChI=1S/C18H15ClFNO4S2/c1-10-13(8-17(22)23)15-5-3-11(20)9-21(15)18(10)26-16-6-4-12(7-14(16)19)27(2,24)25/h3-7,9H,8H2,1-2H3,(H,22,23). The van der Waals surface area contributed by atoms with Crippen LogP contribution in [0, 0.1) is 12.7 Å². The minimum Gasteiger partial charge on any atom is -0.481 e. The minimum atomic E-state index is -3.39. The van der Waals surface area contributed by atoms with Gasteiger partial charge in [0.15, 0.2) is 9.84 Å². The van der Waals surface area contributed by atoms with Crippen LogP contribution in [0.15, 0.2) is 51.3 Å². The highest BCUT2D eigenvalue weighted by atomic mass is 35.5. The molecule has 2 aromatic heterocycles. The zero-order valence-corrected chi connectivity index (χ0v) is 16.8. The van der Waals surface area contributed by atoms with E-state index in [9.17, 15) is 22.7 Å². The minimum absolute atomic E-state index is 0.103. The molecule has 0 radical (unpaired) electrons. The summed E-state index contributed by atoms with van der Waals surface area (Å²) in [6.45, 7) is 1.77. The first-order valence-corrected chi connectivity index (χ1v) is 10.8. The van der Waals surface area contributed by atoms with Crippen LogP contribution in [-0.2, 0) is 21.1 Å². The summed E-state index contributed by atoms with van der Waals surface area (Å²) in [6, 6.07) is 7.22. The lowest BCUT2D eigenvalue weighted by atomic mass is 10.1. The van der Waals surface area contributed by atoms with Crippen molar-refractivity contribution in [1.29, 1.82) is 0 Å². The largest absolute Gasteiger partial charge is 0.481 e. The number of fused-ring (bicyclic) bond motifs is 1. The van der Waals surface area contributed by atoms with Crippen molar-refractivity contribution in [1.82, 2.24) is 4.40 Å². The van der Waals surface area contributed by atoms with E-state index in [1.54, 1.807) is 23.5 Å². The van der Waals surface area contributed by atoms with Crippen LogP contribution in [-0.4, -0.2) is 30.2 Å². The SMILES string of the molecule is Cc1c(CC(=O)O)c2ccc(F)cn2c1Sc1ccc(S(C)(=O)=O)cc1Cl. The molecule has 1 N–H and O–H groups in total. The summed E-state index contributed by atoms with van der Waals surface area (Å²) in [5, 5.41) is 10.1. The Morgan fingerprint density at radius 3 is 2.59 bits per heavy atom. The van der Waals surface area contributed by atoms with E-state index in [1.165, 1.54) is 36.2 Å². The molecule has 27 heavy (non-hydrogen) atoms. The van der Waals surface area contributed by atoms with Gasteiger partial charge in [0.25, 0.3) is 0 Å². The number of pyridine rings is 1. The Morgan fingerprint density at radius 1 is 1.30 bits per heavy atom. The summed E-state index contributed by atoms with van der Waals surface area (Å²) in [4.78, 5) is 11.9. The highest BCUT2D eigenvalue weighted by molar-refractivity contribution is 7.99. The Hall–Kier alpha value is -2.03. The number of sulfone groups is 1. The maximum absolute atomic E-state index is 13.8. The van der Waals surface area contributed by atoms with E-state index >= 15 is 0 Å². The van der Waals surface area contributed by atoms with Crippen LogP contribution >= 0.6 is 23.4 Å². The van der Waals surface area contributed by atoms with Crippen LogP contribution < -0.4 is 0 Å². The number of aromatic nitrogens is 1. The molecule has 0 fully saturated rings. The monoisotopic (exact) mass is 427 g/mol. The first-order valence-electron chi connectivity index (χ1n) is 7.76. The average molecular weight is 428 g/mol. The molecule has 0 amide bonds. The van der Waals surface area contributed by atoms with Gasteiger partial charge in [0, 0.05) is 17.3 Å². The molecule has 9 heteroatoms. The molecule has 0 aliphatic rings. The maximum Gasteiger partial charge on any atom is 0.307 e. The molecule has 0 unspecified atom stereocenters. The number of rotatable bonds is 5. The van der Waals surface area contributed by atoms with Gasteiger partial charge in [0.05, 0.1) is 26.9 Å². The number of carboxylic acids is 1. The van der Waals surface area contributed by atoms with Crippen molar-refractivity contribution in [2.24, 2.45) is 0 Å². The fourth-order valence-electron chi connectivity index (χ4n) is 2.79. The van der Waals surface area contributed by atoms with E-state index in [4.69, 9.17) is 11.6 Å². The van der Waals surface area contributed by atoms with Crippen LogP contribution in [0.5, 0.6) is 0 Å². The molecule has 2 heterocycles. The number of aliphatic carboxylic acids is 1. The Kier molecular flexibility index (Phi) is 5.24. The first kappa shape index (κ1) is 19.7. The van der Waals surface area contributed by atoms with Crippen molar-refractivity contribution in [3.05, 3.63) is 58.5 Å². The number of carboxylic acid groups (broad SMARTS) is 1. The number of hydrogen-bond acceptors (Lipinski definition) is 4. The van der Waals surface area contributed by atoms with Gasteiger partial charge in [-0.1, -0.05) is 23.4 Å². The van der Waals surface area contributed by atoms with Crippen LogP contribution in [0.1, 0.15) is 11.1 Å². The zero-order valence-electron chi connectivity index (χ0n) is 14.4. The van der Waals surface area contributed by atoms with E-state index in [-0.39, 0.29) is 16.3 Å². The molecule has 0 aliphatic heterocycles. The predicted molar refractivity (Wildman–Crippen MR) is 102 cm³/mol. The second-order valence-electron chi connectivity index (χ2n) is 6.05. The molecular weight excluding hydrogens is 413 g/mol. The van der Waals surface area contributed by atoms with Crippen molar-refractivity contribution in [2.45, 2.75) is 28.2 Å². The van der Waals surface area contributed by atoms with Crippen molar-refractivity contribution in [3.8, 4) is 0 Å². The smallest absolute Gasteiger partial charge is 0.307 e. The van der Waals surface area contributed by atoms with E-state index in [0.29, 0.717) is 26.6 Å². The van der Waals surface area contributed by atoms with E-state index < -0.39 is 21.6 Å². The van der Waals surface area contributed by atoms with Gasteiger partial charge in [-0.3, -0.25) is 4.79 Å². The van der Waals surface area contributed by atoms with Crippen molar-refractivity contribution >= 4 is 44.7 Å². The van der Waals surface area contributed by atoms with E-state index in [0.717, 1.165) is 6.26 Å². The molecule has 5 nitrogen and oxygen atoms in total. The Bertz CT molecular complexity index is 1170. The second kappa shape index (κ2) is 7.18. The summed E-state index contributed by atoms with van der Waals surface area (Å²) in [7, 11) is -3.39. The molecular formula is C18H15ClFNO4S2. The third-order valence-corrected chi connectivity index (χ3v) is 6.89. The van der Waals surface area contributed by atoms with E-state index in [2.05, 4.69) is 0 Å². The molecule has 1 aromatic carbocycles. The number of hydrogen-bond donors (Lipinski definition) is 1. The first-order chi connectivity index (χ1) is 12.6. The lowest BCUT2D eigenvalue weighted by Crippen LogP contribution is -2.00. The normalized spacial score (nSPS) is 11.9. The fourth-order valence-corrected chi connectivity index (χ4v) is 4.82. The molecule has 0 atom stereocenters. The quantitative estimate of drug-likeness (QED) is 0.659. The molecule has 3 rings (SSSR count). The number of benzene rings is 1. The van der Waals surface area contributed by atoms with Gasteiger partial charge in [-0.2, -0.15) is 0 Å². The van der Waals surface area contributed by atoms with Crippen LogP contribution in [0.4, 0.5) is 4.39 Å². The van der Waals surface area contributed by atoms with Gasteiger partial charge in [-0.15, -0.1) is 0 Å². The molecule has 3 aromatic rings. The number of nitrogens with zero attached hydrogens (tertiary/aromatic N) is 1. The van der Waals surface area contributed by atoms with Crippen LogP contribution in [0.2, 0.25) is 5.02 Å².